The Morgan fingerprint density at radius 2 is 1.78 bits per heavy atom. The summed E-state index contributed by atoms with van der Waals surface area (Å²) >= 11 is 6.05. The lowest BCUT2D eigenvalue weighted by atomic mass is 9.64. The van der Waals surface area contributed by atoms with Gasteiger partial charge in [0, 0.05) is 50.5 Å². The topological polar surface area (TPSA) is 70.3 Å². The molecule has 1 aromatic carbocycles. The number of hydrogen-bond donors (Lipinski definition) is 1. The van der Waals surface area contributed by atoms with Gasteiger partial charge in [0.1, 0.15) is 5.82 Å². The molecule has 2 aromatic heterocycles. The molecular formula is C25H28ClF3N6O. The largest absolute Gasteiger partial charge is 0.417 e. The van der Waals surface area contributed by atoms with Crippen LogP contribution < -0.4 is 10.2 Å². The summed E-state index contributed by atoms with van der Waals surface area (Å²) in [7, 11) is 0. The molecule has 3 heterocycles. The van der Waals surface area contributed by atoms with Crippen molar-refractivity contribution in [2.75, 3.05) is 44.2 Å². The summed E-state index contributed by atoms with van der Waals surface area (Å²) in [4.78, 5) is 13.0. The molecule has 1 saturated carbocycles. The Bertz CT molecular complexity index is 1140. The maximum Gasteiger partial charge on any atom is 0.417 e. The Hall–Kier alpha value is -2.69. The van der Waals surface area contributed by atoms with Gasteiger partial charge in [-0.1, -0.05) is 35.3 Å². The summed E-state index contributed by atoms with van der Waals surface area (Å²) in [5, 5.41) is 8.37. The van der Waals surface area contributed by atoms with Crippen LogP contribution >= 0.6 is 11.6 Å². The first-order valence-corrected chi connectivity index (χ1v) is 12.5. The van der Waals surface area contributed by atoms with Crippen LogP contribution in [0.4, 0.5) is 19.0 Å². The molecule has 11 heteroatoms. The predicted octanol–water partition coefficient (Wildman–Crippen LogP) is 4.52. The average molecular weight is 521 g/mol. The lowest BCUT2D eigenvalue weighted by molar-refractivity contribution is -0.137. The second-order valence-corrected chi connectivity index (χ2v) is 9.80. The highest BCUT2D eigenvalue weighted by Crippen LogP contribution is 2.47. The average Bonchev–Trinajstić information content (AvgIpc) is 3.31. The molecule has 36 heavy (non-hydrogen) atoms. The lowest BCUT2D eigenvalue weighted by Crippen LogP contribution is -2.48. The predicted molar refractivity (Wildman–Crippen MR) is 130 cm³/mol. The van der Waals surface area contributed by atoms with E-state index < -0.39 is 11.7 Å². The zero-order valence-corrected chi connectivity index (χ0v) is 20.5. The molecule has 0 spiro atoms. The van der Waals surface area contributed by atoms with Crippen molar-refractivity contribution in [2.45, 2.75) is 37.4 Å². The Morgan fingerprint density at radius 3 is 2.39 bits per heavy atom. The van der Waals surface area contributed by atoms with E-state index >= 15 is 0 Å². The van der Waals surface area contributed by atoms with Crippen LogP contribution in [0.15, 0.2) is 47.1 Å². The second-order valence-electron chi connectivity index (χ2n) is 9.36. The molecule has 7 nitrogen and oxygen atoms in total. The maximum absolute atomic E-state index is 12.7. The maximum atomic E-state index is 12.7. The number of piperazine rings is 1. The van der Waals surface area contributed by atoms with Gasteiger partial charge >= 0.3 is 6.18 Å². The van der Waals surface area contributed by atoms with E-state index in [0.29, 0.717) is 23.3 Å². The number of hydrogen-bond acceptors (Lipinski definition) is 7. The molecule has 0 radical (unpaired) electrons. The Labute approximate surface area is 212 Å². The zero-order chi connectivity index (χ0) is 25.2. The van der Waals surface area contributed by atoms with Gasteiger partial charge in [0.2, 0.25) is 5.89 Å². The minimum absolute atomic E-state index is 0.187. The molecule has 5 rings (SSSR count). The quantitative estimate of drug-likeness (QED) is 0.438. The zero-order valence-electron chi connectivity index (χ0n) is 19.8. The lowest BCUT2D eigenvalue weighted by Gasteiger charge is -2.39. The summed E-state index contributed by atoms with van der Waals surface area (Å²) < 4.78 is 43.8. The number of nitrogens with zero attached hydrogens (tertiary/aromatic N) is 5. The van der Waals surface area contributed by atoms with Crippen molar-refractivity contribution in [3.05, 3.63) is 70.5 Å². The van der Waals surface area contributed by atoms with Gasteiger partial charge in [-0.2, -0.15) is 18.2 Å². The van der Waals surface area contributed by atoms with E-state index in [4.69, 9.17) is 16.1 Å². The van der Waals surface area contributed by atoms with E-state index in [1.807, 2.05) is 29.2 Å². The third kappa shape index (κ3) is 5.35. The second kappa shape index (κ2) is 10.4. The molecule has 2 fully saturated rings. The van der Waals surface area contributed by atoms with Crippen LogP contribution in [-0.4, -0.2) is 59.3 Å². The van der Waals surface area contributed by atoms with E-state index in [0.717, 1.165) is 76.6 Å². The van der Waals surface area contributed by atoms with Crippen LogP contribution in [0, 0.1) is 0 Å². The summed E-state index contributed by atoms with van der Waals surface area (Å²) in [6, 6.07) is 10.4. The molecular weight excluding hydrogens is 493 g/mol. The standard InChI is InChI=1S/C25H28ClF3N6O/c26-20-5-2-18(3-6-20)24(8-1-9-24)23-32-22(36-33-23)17-30-10-11-34-12-14-35(15-13-34)21-7-4-19(16-31-21)25(27,28)29/h2-7,16,30H,1,8-15,17H2. The number of benzene rings is 1. The fourth-order valence-corrected chi connectivity index (χ4v) is 4.96. The summed E-state index contributed by atoms with van der Waals surface area (Å²) in [6.07, 6.45) is -0.344. The molecule has 0 atom stereocenters. The number of rotatable bonds is 8. The molecule has 1 aliphatic heterocycles. The Morgan fingerprint density at radius 1 is 1.03 bits per heavy atom. The highest BCUT2D eigenvalue weighted by Gasteiger charge is 2.44. The molecule has 0 amide bonds. The molecule has 192 valence electrons. The van der Waals surface area contributed by atoms with Crippen LogP contribution in [0.25, 0.3) is 0 Å². The van der Waals surface area contributed by atoms with Crippen molar-refractivity contribution < 1.29 is 17.7 Å². The molecule has 2 aliphatic rings. The smallest absolute Gasteiger partial charge is 0.354 e. The molecule has 1 aliphatic carbocycles. The summed E-state index contributed by atoms with van der Waals surface area (Å²) in [5.41, 5.74) is 0.259. The van der Waals surface area contributed by atoms with E-state index in [-0.39, 0.29) is 5.41 Å². The highest BCUT2D eigenvalue weighted by molar-refractivity contribution is 6.30. The van der Waals surface area contributed by atoms with E-state index in [1.54, 1.807) is 0 Å². The molecule has 0 bridgehead atoms. The van der Waals surface area contributed by atoms with Crippen molar-refractivity contribution in [2.24, 2.45) is 0 Å². The number of anilines is 1. The van der Waals surface area contributed by atoms with Gasteiger partial charge in [0.15, 0.2) is 5.82 Å². The van der Waals surface area contributed by atoms with Crippen LogP contribution in [0.3, 0.4) is 0 Å². The van der Waals surface area contributed by atoms with E-state index in [9.17, 15) is 13.2 Å². The van der Waals surface area contributed by atoms with E-state index in [2.05, 4.69) is 25.3 Å². The van der Waals surface area contributed by atoms with Gasteiger partial charge in [-0.25, -0.2) is 4.98 Å². The number of nitrogens with one attached hydrogen (secondary N) is 1. The van der Waals surface area contributed by atoms with E-state index in [1.165, 1.54) is 11.6 Å². The first kappa shape index (κ1) is 25.0. The minimum Gasteiger partial charge on any atom is -0.354 e. The number of halogens is 4. The van der Waals surface area contributed by atoms with Gasteiger partial charge < -0.3 is 14.7 Å². The SMILES string of the molecule is FC(F)(F)c1ccc(N2CCN(CCNCc3nc(C4(c5ccc(Cl)cc5)CCC4)no3)CC2)nc1. The molecule has 1 saturated heterocycles. The van der Waals surface area contributed by atoms with Gasteiger partial charge in [-0.3, -0.25) is 4.90 Å². The van der Waals surface area contributed by atoms with Crippen LogP contribution in [0.2, 0.25) is 5.02 Å². The third-order valence-corrected chi connectivity index (χ3v) is 7.40. The monoisotopic (exact) mass is 520 g/mol. The van der Waals surface area contributed by atoms with Gasteiger partial charge in [-0.15, -0.1) is 0 Å². The first-order chi connectivity index (χ1) is 17.3. The number of pyridine rings is 1. The van der Waals surface area contributed by atoms with Crippen molar-refractivity contribution in [3.8, 4) is 0 Å². The van der Waals surface area contributed by atoms with Gasteiger partial charge in [0.25, 0.3) is 0 Å². The summed E-state index contributed by atoms with van der Waals surface area (Å²) in [5.74, 6) is 1.89. The minimum atomic E-state index is -4.37. The van der Waals surface area contributed by atoms with Crippen LogP contribution in [-0.2, 0) is 18.1 Å². The molecule has 3 aromatic rings. The third-order valence-electron chi connectivity index (χ3n) is 7.15. The van der Waals surface area contributed by atoms with Crippen LogP contribution in [0.1, 0.15) is 42.1 Å². The van der Waals surface area contributed by atoms with Crippen LogP contribution in [0.5, 0.6) is 0 Å². The Kier molecular flexibility index (Phi) is 7.18. The normalized spacial score (nSPS) is 18.3. The Balaban J connectivity index is 1.06. The van der Waals surface area contributed by atoms with Crippen molar-refractivity contribution in [1.82, 2.24) is 25.3 Å². The van der Waals surface area contributed by atoms with Crippen molar-refractivity contribution in [1.29, 1.82) is 0 Å². The summed E-state index contributed by atoms with van der Waals surface area (Å²) in [6.45, 7) is 5.19. The molecule has 1 N–H and O–H groups in total. The highest BCUT2D eigenvalue weighted by atomic mass is 35.5. The first-order valence-electron chi connectivity index (χ1n) is 12.1. The van der Waals surface area contributed by atoms with Crippen molar-refractivity contribution in [3.63, 3.8) is 0 Å². The molecule has 0 unspecified atom stereocenters. The fourth-order valence-electron chi connectivity index (χ4n) is 4.84. The fraction of sp³-hybridized carbons (Fsp3) is 0.480. The van der Waals surface area contributed by atoms with Crippen molar-refractivity contribution >= 4 is 17.4 Å². The van der Waals surface area contributed by atoms with Gasteiger partial charge in [0.05, 0.1) is 17.5 Å². The van der Waals surface area contributed by atoms with Gasteiger partial charge in [-0.05, 0) is 42.7 Å². The number of alkyl halides is 3. The number of aromatic nitrogens is 3.